The summed E-state index contributed by atoms with van der Waals surface area (Å²) in [5, 5.41) is 4.48. The Bertz CT molecular complexity index is 1420. The molecule has 4 aromatic rings. The Hall–Kier alpha value is -3.81. The van der Waals surface area contributed by atoms with Gasteiger partial charge in [0, 0.05) is 29.8 Å². The highest BCUT2D eigenvalue weighted by Crippen LogP contribution is 2.19. The highest BCUT2D eigenvalue weighted by molar-refractivity contribution is 7.89. The van der Waals surface area contributed by atoms with Crippen molar-refractivity contribution in [3.8, 4) is 0 Å². The van der Waals surface area contributed by atoms with E-state index >= 15 is 0 Å². The van der Waals surface area contributed by atoms with Gasteiger partial charge in [-0.2, -0.15) is 0 Å². The molecule has 166 valence electrons. The molecule has 0 aliphatic carbocycles. The molecule has 4 aromatic carbocycles. The SMILES string of the molecule is O=C(CCNS(=O)(=O)c1ccc2ccccc2c1)Nc1cccc(C(=O)c2ccccc2)c1. The highest BCUT2D eigenvalue weighted by atomic mass is 32.2. The van der Waals surface area contributed by atoms with Gasteiger partial charge in [-0.25, -0.2) is 13.1 Å². The van der Waals surface area contributed by atoms with E-state index < -0.39 is 10.0 Å². The van der Waals surface area contributed by atoms with Gasteiger partial charge in [0.05, 0.1) is 4.90 Å². The van der Waals surface area contributed by atoms with Crippen LogP contribution in [0.5, 0.6) is 0 Å². The molecule has 0 spiro atoms. The van der Waals surface area contributed by atoms with Crippen molar-refractivity contribution in [2.24, 2.45) is 0 Å². The predicted molar refractivity (Wildman–Crippen MR) is 129 cm³/mol. The van der Waals surface area contributed by atoms with Crippen LogP contribution in [0.25, 0.3) is 10.8 Å². The molecule has 0 atom stereocenters. The van der Waals surface area contributed by atoms with E-state index in [1.54, 1.807) is 66.7 Å². The molecule has 0 aliphatic heterocycles. The molecule has 0 aromatic heterocycles. The zero-order valence-corrected chi connectivity index (χ0v) is 18.5. The summed E-state index contributed by atoms with van der Waals surface area (Å²) in [7, 11) is -3.74. The zero-order chi connectivity index (χ0) is 23.3. The monoisotopic (exact) mass is 458 g/mol. The standard InChI is InChI=1S/C26H22N2O4S/c29-25(28-23-12-6-11-22(17-23)26(30)20-8-2-1-3-9-20)15-16-27-33(31,32)24-14-13-19-7-4-5-10-21(19)18-24/h1-14,17-18,27H,15-16H2,(H,28,29). The molecule has 0 unspecified atom stereocenters. The average Bonchev–Trinajstić information content (AvgIpc) is 2.84. The number of anilines is 1. The Morgan fingerprint density at radius 3 is 2.18 bits per heavy atom. The van der Waals surface area contributed by atoms with Crippen LogP contribution in [-0.4, -0.2) is 26.7 Å². The second kappa shape index (κ2) is 9.77. The number of nitrogens with one attached hydrogen (secondary N) is 2. The number of carbonyl (C=O) groups excluding carboxylic acids is 2. The van der Waals surface area contributed by atoms with Gasteiger partial charge in [-0.05, 0) is 35.0 Å². The van der Waals surface area contributed by atoms with Crippen molar-refractivity contribution in [3.63, 3.8) is 0 Å². The van der Waals surface area contributed by atoms with Gasteiger partial charge in [0.2, 0.25) is 15.9 Å². The summed E-state index contributed by atoms with van der Waals surface area (Å²) in [5.74, 6) is -0.504. The predicted octanol–water partition coefficient (Wildman–Crippen LogP) is 4.38. The van der Waals surface area contributed by atoms with Gasteiger partial charge in [0.1, 0.15) is 0 Å². The van der Waals surface area contributed by atoms with Crippen LogP contribution in [0, 0.1) is 0 Å². The molecule has 0 saturated carbocycles. The fourth-order valence-corrected chi connectivity index (χ4v) is 4.50. The smallest absolute Gasteiger partial charge is 0.240 e. The molecule has 1 amide bonds. The number of hydrogen-bond donors (Lipinski definition) is 2. The molecule has 33 heavy (non-hydrogen) atoms. The van der Waals surface area contributed by atoms with Crippen molar-refractivity contribution in [1.82, 2.24) is 4.72 Å². The lowest BCUT2D eigenvalue weighted by atomic mass is 10.0. The maximum absolute atomic E-state index is 12.6. The minimum atomic E-state index is -3.74. The Balaban J connectivity index is 1.35. The van der Waals surface area contributed by atoms with E-state index in [1.807, 2.05) is 30.3 Å². The zero-order valence-electron chi connectivity index (χ0n) is 17.7. The Labute approximate surface area is 192 Å². The summed E-state index contributed by atoms with van der Waals surface area (Å²) in [4.78, 5) is 25.1. The van der Waals surface area contributed by atoms with Crippen molar-refractivity contribution in [1.29, 1.82) is 0 Å². The third-order valence-electron chi connectivity index (χ3n) is 5.12. The molecule has 0 bridgehead atoms. The van der Waals surface area contributed by atoms with Crippen LogP contribution in [0.4, 0.5) is 5.69 Å². The van der Waals surface area contributed by atoms with Crippen molar-refractivity contribution in [2.75, 3.05) is 11.9 Å². The van der Waals surface area contributed by atoms with Crippen LogP contribution in [0.2, 0.25) is 0 Å². The van der Waals surface area contributed by atoms with E-state index in [2.05, 4.69) is 10.0 Å². The van der Waals surface area contributed by atoms with Gasteiger partial charge >= 0.3 is 0 Å². The summed E-state index contributed by atoms with van der Waals surface area (Å²) < 4.78 is 27.6. The number of ketones is 1. The minimum absolute atomic E-state index is 0.0519. The van der Waals surface area contributed by atoms with Crippen LogP contribution in [-0.2, 0) is 14.8 Å². The van der Waals surface area contributed by atoms with Gasteiger partial charge in [-0.15, -0.1) is 0 Å². The Morgan fingerprint density at radius 1 is 0.697 bits per heavy atom. The van der Waals surface area contributed by atoms with Gasteiger partial charge < -0.3 is 5.32 Å². The molecule has 4 rings (SSSR count). The Kier molecular flexibility index (Phi) is 6.63. The normalized spacial score (nSPS) is 11.3. The minimum Gasteiger partial charge on any atom is -0.326 e. The molecule has 0 aliphatic rings. The fourth-order valence-electron chi connectivity index (χ4n) is 3.43. The fraction of sp³-hybridized carbons (Fsp3) is 0.0769. The van der Waals surface area contributed by atoms with E-state index in [4.69, 9.17) is 0 Å². The summed E-state index contributed by atoms with van der Waals surface area (Å²) in [6, 6.07) is 27.9. The van der Waals surface area contributed by atoms with Crippen LogP contribution in [0.15, 0.2) is 102 Å². The average molecular weight is 459 g/mol. The first-order valence-electron chi connectivity index (χ1n) is 10.4. The van der Waals surface area contributed by atoms with Crippen LogP contribution in [0.1, 0.15) is 22.3 Å². The molecule has 0 saturated heterocycles. The first-order valence-corrected chi connectivity index (χ1v) is 11.9. The lowest BCUT2D eigenvalue weighted by molar-refractivity contribution is -0.116. The number of amides is 1. The summed E-state index contributed by atoms with van der Waals surface area (Å²) in [6.45, 7) is -0.0520. The maximum atomic E-state index is 12.6. The van der Waals surface area contributed by atoms with Crippen molar-refractivity contribution in [2.45, 2.75) is 11.3 Å². The van der Waals surface area contributed by atoms with Gasteiger partial charge in [0.15, 0.2) is 5.78 Å². The van der Waals surface area contributed by atoms with Crippen LogP contribution >= 0.6 is 0 Å². The quantitative estimate of drug-likeness (QED) is 0.383. The van der Waals surface area contributed by atoms with Gasteiger partial charge in [-0.1, -0.05) is 72.8 Å². The molecule has 0 fully saturated rings. The highest BCUT2D eigenvalue weighted by Gasteiger charge is 2.15. The lowest BCUT2D eigenvalue weighted by Crippen LogP contribution is -2.27. The summed E-state index contributed by atoms with van der Waals surface area (Å²) >= 11 is 0. The van der Waals surface area contributed by atoms with E-state index in [1.165, 1.54) is 0 Å². The molecule has 2 N–H and O–H groups in total. The van der Waals surface area contributed by atoms with E-state index in [-0.39, 0.29) is 29.6 Å². The number of fused-ring (bicyclic) bond motifs is 1. The van der Waals surface area contributed by atoms with E-state index in [9.17, 15) is 18.0 Å². The first-order chi connectivity index (χ1) is 15.9. The number of carbonyl (C=O) groups is 2. The third-order valence-corrected chi connectivity index (χ3v) is 6.58. The van der Waals surface area contributed by atoms with Crippen LogP contribution < -0.4 is 10.0 Å². The van der Waals surface area contributed by atoms with Crippen LogP contribution in [0.3, 0.4) is 0 Å². The van der Waals surface area contributed by atoms with Gasteiger partial charge in [0.25, 0.3) is 0 Å². The lowest BCUT2D eigenvalue weighted by Gasteiger charge is -2.09. The summed E-state index contributed by atoms with van der Waals surface area (Å²) in [6.07, 6.45) is -0.0519. The molecule has 0 heterocycles. The second-order valence-corrected chi connectivity index (χ2v) is 9.25. The molecular weight excluding hydrogens is 436 g/mol. The maximum Gasteiger partial charge on any atom is 0.240 e. The van der Waals surface area contributed by atoms with Crippen molar-refractivity contribution in [3.05, 3.63) is 108 Å². The largest absolute Gasteiger partial charge is 0.326 e. The Morgan fingerprint density at radius 2 is 1.39 bits per heavy atom. The first kappa shape index (κ1) is 22.4. The third kappa shape index (κ3) is 5.52. The molecule has 7 heteroatoms. The van der Waals surface area contributed by atoms with E-state index in [0.29, 0.717) is 16.8 Å². The van der Waals surface area contributed by atoms with Crippen molar-refractivity contribution >= 4 is 38.2 Å². The van der Waals surface area contributed by atoms with Gasteiger partial charge in [-0.3, -0.25) is 9.59 Å². The molecule has 6 nitrogen and oxygen atoms in total. The van der Waals surface area contributed by atoms with E-state index in [0.717, 1.165) is 10.8 Å². The summed E-state index contributed by atoms with van der Waals surface area (Å²) in [5.41, 5.74) is 1.49. The number of sulfonamides is 1. The molecule has 0 radical (unpaired) electrons. The topological polar surface area (TPSA) is 92.3 Å². The molecular formula is C26H22N2O4S. The second-order valence-electron chi connectivity index (χ2n) is 7.48. The number of hydrogen-bond acceptors (Lipinski definition) is 4. The number of rotatable bonds is 8. The van der Waals surface area contributed by atoms with Crippen molar-refractivity contribution < 1.29 is 18.0 Å². The number of benzene rings is 4.